The van der Waals surface area contributed by atoms with Gasteiger partial charge in [-0.05, 0) is 29.5 Å². The third-order valence-corrected chi connectivity index (χ3v) is 7.36. The van der Waals surface area contributed by atoms with Gasteiger partial charge in [0.25, 0.3) is 10.0 Å². The summed E-state index contributed by atoms with van der Waals surface area (Å²) in [5, 5.41) is 1.76. The molecule has 0 amide bonds. The molecule has 0 bridgehead atoms. The van der Waals surface area contributed by atoms with Crippen LogP contribution in [0.25, 0.3) is 0 Å². The third kappa shape index (κ3) is 1.79. The largest absolute Gasteiger partial charge is 0.294 e. The molecule has 1 aromatic carbocycles. The highest BCUT2D eigenvalue weighted by Gasteiger charge is 2.41. The Morgan fingerprint density at radius 1 is 1.19 bits per heavy atom. The highest BCUT2D eigenvalue weighted by atomic mass is 32.2. The summed E-state index contributed by atoms with van der Waals surface area (Å²) in [6.45, 7) is 0.444. The lowest BCUT2D eigenvalue weighted by Gasteiger charge is -2.18. The van der Waals surface area contributed by atoms with Crippen molar-refractivity contribution < 1.29 is 13.2 Å². The van der Waals surface area contributed by atoms with E-state index in [1.165, 1.54) is 15.6 Å². The SMILES string of the molecule is O=C1CCC2CN(S(=O)(=O)c3cccs3)c3cccc1c32. The molecule has 21 heavy (non-hydrogen) atoms. The Labute approximate surface area is 127 Å². The Morgan fingerprint density at radius 3 is 2.81 bits per heavy atom. The molecule has 0 N–H and O–H groups in total. The van der Waals surface area contributed by atoms with Crippen molar-refractivity contribution in [2.75, 3.05) is 10.8 Å². The standard InChI is InChI=1S/C15H13NO3S2/c17-13-7-6-10-9-16(12-4-1-3-11(13)15(10)12)21(18,19)14-5-2-8-20-14/h1-5,8,10H,6-7,9H2. The average Bonchev–Trinajstić information content (AvgIpc) is 3.12. The van der Waals surface area contributed by atoms with E-state index in [-0.39, 0.29) is 11.7 Å². The molecule has 2 aromatic rings. The number of hydrogen-bond acceptors (Lipinski definition) is 4. The molecule has 0 saturated carbocycles. The van der Waals surface area contributed by atoms with Crippen LogP contribution in [0, 0.1) is 0 Å². The number of carbonyl (C=O) groups is 1. The van der Waals surface area contributed by atoms with Gasteiger partial charge in [0.05, 0.1) is 5.69 Å². The average molecular weight is 319 g/mol. The van der Waals surface area contributed by atoms with Crippen LogP contribution < -0.4 is 4.31 Å². The van der Waals surface area contributed by atoms with Crippen molar-refractivity contribution in [2.45, 2.75) is 23.0 Å². The van der Waals surface area contributed by atoms with Crippen LogP contribution >= 0.6 is 11.3 Å². The Bertz CT molecular complexity index is 825. The van der Waals surface area contributed by atoms with Gasteiger partial charge in [0.2, 0.25) is 0 Å². The zero-order valence-electron chi connectivity index (χ0n) is 11.2. The molecule has 4 nitrogen and oxygen atoms in total. The summed E-state index contributed by atoms with van der Waals surface area (Å²) in [5.74, 6) is 0.266. The Hall–Kier alpha value is -1.66. The van der Waals surface area contributed by atoms with Gasteiger partial charge in [-0.3, -0.25) is 9.10 Å². The van der Waals surface area contributed by atoms with Crippen molar-refractivity contribution in [1.29, 1.82) is 0 Å². The number of thiophene rings is 1. The first-order valence-electron chi connectivity index (χ1n) is 6.81. The van der Waals surface area contributed by atoms with Crippen LogP contribution in [0.5, 0.6) is 0 Å². The minimum Gasteiger partial charge on any atom is -0.294 e. The van der Waals surface area contributed by atoms with Gasteiger partial charge in [-0.1, -0.05) is 18.2 Å². The molecule has 6 heteroatoms. The number of benzene rings is 1. The van der Waals surface area contributed by atoms with Crippen LogP contribution in [0.1, 0.15) is 34.7 Å². The van der Waals surface area contributed by atoms with E-state index in [1.807, 2.05) is 12.1 Å². The van der Waals surface area contributed by atoms with E-state index in [9.17, 15) is 13.2 Å². The summed E-state index contributed by atoms with van der Waals surface area (Å²) < 4.78 is 27.4. The van der Waals surface area contributed by atoms with Crippen molar-refractivity contribution >= 4 is 32.8 Å². The van der Waals surface area contributed by atoms with Crippen molar-refractivity contribution in [3.05, 3.63) is 46.8 Å². The van der Waals surface area contributed by atoms with E-state index in [0.29, 0.717) is 28.4 Å². The lowest BCUT2D eigenvalue weighted by Crippen LogP contribution is -2.29. The second-order valence-electron chi connectivity index (χ2n) is 5.37. The van der Waals surface area contributed by atoms with Crippen LogP contribution in [-0.4, -0.2) is 20.7 Å². The highest BCUT2D eigenvalue weighted by Crippen LogP contribution is 2.46. The molecule has 0 fully saturated rings. The Morgan fingerprint density at radius 2 is 2.05 bits per heavy atom. The second kappa shape index (κ2) is 4.42. The number of sulfonamides is 1. The minimum absolute atomic E-state index is 0.124. The van der Waals surface area contributed by atoms with E-state index < -0.39 is 10.0 Å². The summed E-state index contributed by atoms with van der Waals surface area (Å²) in [4.78, 5) is 12.0. The molecule has 1 aromatic heterocycles. The molecule has 4 rings (SSSR count). The van der Waals surface area contributed by atoms with Gasteiger partial charge in [-0.25, -0.2) is 8.42 Å². The fourth-order valence-electron chi connectivity index (χ4n) is 3.25. The number of Topliss-reactive ketones (excluding diaryl/α,β-unsaturated/α-hetero) is 1. The molecule has 0 radical (unpaired) electrons. The summed E-state index contributed by atoms with van der Waals surface area (Å²) in [6, 6.07) is 8.76. The Kier molecular flexibility index (Phi) is 2.74. The first-order chi connectivity index (χ1) is 10.1. The molecule has 1 aliphatic heterocycles. The molecular formula is C15H13NO3S2. The van der Waals surface area contributed by atoms with Gasteiger partial charge < -0.3 is 0 Å². The van der Waals surface area contributed by atoms with Gasteiger partial charge in [0.1, 0.15) is 4.21 Å². The van der Waals surface area contributed by atoms with Gasteiger partial charge in [-0.2, -0.15) is 0 Å². The van der Waals surface area contributed by atoms with Gasteiger partial charge in [0.15, 0.2) is 5.78 Å². The molecule has 2 aliphatic rings. The maximum absolute atomic E-state index is 12.8. The fourth-order valence-corrected chi connectivity index (χ4v) is 5.89. The maximum Gasteiger partial charge on any atom is 0.273 e. The monoisotopic (exact) mass is 319 g/mol. The van der Waals surface area contributed by atoms with E-state index in [1.54, 1.807) is 23.6 Å². The minimum atomic E-state index is -3.52. The molecule has 1 aliphatic carbocycles. The van der Waals surface area contributed by atoms with Gasteiger partial charge in [0, 0.05) is 24.4 Å². The van der Waals surface area contributed by atoms with Crippen molar-refractivity contribution in [3.8, 4) is 0 Å². The van der Waals surface area contributed by atoms with Crippen molar-refractivity contribution in [2.24, 2.45) is 0 Å². The molecular weight excluding hydrogens is 306 g/mol. The number of anilines is 1. The third-order valence-electron chi connectivity index (χ3n) is 4.21. The van der Waals surface area contributed by atoms with Crippen LogP contribution in [0.2, 0.25) is 0 Å². The summed E-state index contributed by atoms with van der Waals surface area (Å²) in [6.07, 6.45) is 1.24. The predicted molar refractivity (Wildman–Crippen MR) is 81.6 cm³/mol. The predicted octanol–water partition coefficient (Wildman–Crippen LogP) is 3.02. The summed E-state index contributed by atoms with van der Waals surface area (Å²) in [7, 11) is -3.52. The molecule has 2 heterocycles. The van der Waals surface area contributed by atoms with Gasteiger partial charge in [-0.15, -0.1) is 11.3 Å². The van der Waals surface area contributed by atoms with Gasteiger partial charge >= 0.3 is 0 Å². The zero-order chi connectivity index (χ0) is 14.6. The van der Waals surface area contributed by atoms with Crippen LogP contribution in [-0.2, 0) is 10.0 Å². The number of hydrogen-bond donors (Lipinski definition) is 0. The molecule has 0 spiro atoms. The van der Waals surface area contributed by atoms with Crippen LogP contribution in [0.3, 0.4) is 0 Å². The number of carbonyl (C=O) groups excluding carboxylic acids is 1. The second-order valence-corrected chi connectivity index (χ2v) is 8.40. The smallest absolute Gasteiger partial charge is 0.273 e. The number of nitrogens with zero attached hydrogens (tertiary/aromatic N) is 1. The Balaban J connectivity index is 1.89. The molecule has 1 atom stereocenters. The number of ketones is 1. The first-order valence-corrected chi connectivity index (χ1v) is 9.13. The van der Waals surface area contributed by atoms with Crippen LogP contribution in [0.15, 0.2) is 39.9 Å². The summed E-state index contributed by atoms with van der Waals surface area (Å²) >= 11 is 1.22. The summed E-state index contributed by atoms with van der Waals surface area (Å²) in [5.41, 5.74) is 2.31. The zero-order valence-corrected chi connectivity index (χ0v) is 12.8. The molecule has 0 saturated heterocycles. The highest BCUT2D eigenvalue weighted by molar-refractivity contribution is 7.94. The first kappa shape index (κ1) is 13.0. The quantitative estimate of drug-likeness (QED) is 0.855. The van der Waals surface area contributed by atoms with Crippen molar-refractivity contribution in [3.63, 3.8) is 0 Å². The van der Waals surface area contributed by atoms with Crippen LogP contribution in [0.4, 0.5) is 5.69 Å². The topological polar surface area (TPSA) is 54.5 Å². The van der Waals surface area contributed by atoms with E-state index in [4.69, 9.17) is 0 Å². The lowest BCUT2D eigenvalue weighted by molar-refractivity contribution is 0.0968. The van der Waals surface area contributed by atoms with Crippen molar-refractivity contribution in [1.82, 2.24) is 0 Å². The number of rotatable bonds is 2. The van der Waals surface area contributed by atoms with E-state index in [0.717, 1.165) is 12.0 Å². The molecule has 108 valence electrons. The maximum atomic E-state index is 12.8. The normalized spacial score (nSPS) is 20.7. The fraction of sp³-hybridized carbons (Fsp3) is 0.267. The molecule has 1 unspecified atom stereocenters. The van der Waals surface area contributed by atoms with E-state index in [2.05, 4.69) is 0 Å². The lowest BCUT2D eigenvalue weighted by atomic mass is 9.83. The van der Waals surface area contributed by atoms with E-state index >= 15 is 0 Å².